The Morgan fingerprint density at radius 2 is 1.78 bits per heavy atom. The third kappa shape index (κ3) is 4.33. The number of primary amides is 1. The molecule has 0 unspecified atom stereocenters. The summed E-state index contributed by atoms with van der Waals surface area (Å²) in [7, 11) is 1.54. The molecule has 2 amide bonds. The van der Waals surface area contributed by atoms with Crippen molar-refractivity contribution < 1.29 is 18.0 Å². The number of benzene rings is 2. The van der Waals surface area contributed by atoms with Gasteiger partial charge < -0.3 is 5.73 Å². The van der Waals surface area contributed by atoms with Gasteiger partial charge in [0.1, 0.15) is 0 Å². The predicted molar refractivity (Wildman–Crippen MR) is 85.0 cm³/mol. The number of urea groups is 1. The fourth-order valence-electron chi connectivity index (χ4n) is 1.75. The molecule has 0 saturated carbocycles. The second-order valence-electron chi connectivity index (χ2n) is 4.64. The van der Waals surface area contributed by atoms with Crippen LogP contribution in [0.3, 0.4) is 0 Å². The summed E-state index contributed by atoms with van der Waals surface area (Å²) < 4.78 is 37.8. The molecular formula is C15H12ClF3N2OS. The molecule has 3 nitrogen and oxygen atoms in total. The van der Waals surface area contributed by atoms with Gasteiger partial charge in [0.05, 0.1) is 10.6 Å². The summed E-state index contributed by atoms with van der Waals surface area (Å²) in [6.07, 6.45) is -4.42. The van der Waals surface area contributed by atoms with Crippen LogP contribution in [0.5, 0.6) is 0 Å². The van der Waals surface area contributed by atoms with Crippen molar-refractivity contribution in [3.63, 3.8) is 0 Å². The molecule has 2 aromatic carbocycles. The molecule has 2 aromatic rings. The zero-order valence-electron chi connectivity index (χ0n) is 11.9. The summed E-state index contributed by atoms with van der Waals surface area (Å²) in [4.78, 5) is 13.6. The number of anilines is 1. The van der Waals surface area contributed by atoms with Crippen LogP contribution in [0.15, 0.2) is 52.3 Å². The van der Waals surface area contributed by atoms with Crippen molar-refractivity contribution in [2.24, 2.45) is 5.73 Å². The number of nitrogens with two attached hydrogens (primary N) is 1. The molecule has 2 N–H and O–H groups in total. The molecule has 0 aliphatic heterocycles. The monoisotopic (exact) mass is 360 g/mol. The van der Waals surface area contributed by atoms with Crippen LogP contribution in [0, 0.1) is 0 Å². The molecule has 0 aliphatic rings. The average molecular weight is 361 g/mol. The molecule has 0 fully saturated rings. The third-order valence-electron chi connectivity index (χ3n) is 3.04. The Morgan fingerprint density at radius 3 is 2.26 bits per heavy atom. The number of hydrogen-bond donors (Lipinski definition) is 1. The first-order chi connectivity index (χ1) is 10.7. The van der Waals surface area contributed by atoms with Crippen LogP contribution in [0.2, 0.25) is 5.02 Å². The fourth-order valence-corrected chi connectivity index (χ4v) is 2.87. The number of carbonyl (C=O) groups excluding carboxylic acids is 1. The van der Waals surface area contributed by atoms with E-state index in [0.29, 0.717) is 10.6 Å². The van der Waals surface area contributed by atoms with E-state index in [0.717, 1.165) is 17.0 Å². The van der Waals surface area contributed by atoms with Gasteiger partial charge in [-0.1, -0.05) is 23.4 Å². The molecule has 0 aromatic heterocycles. The molecule has 0 spiro atoms. The van der Waals surface area contributed by atoms with Gasteiger partial charge in [0.2, 0.25) is 0 Å². The first kappa shape index (κ1) is 17.5. The summed E-state index contributed by atoms with van der Waals surface area (Å²) in [5, 5.41) is 0.0307. The molecule has 23 heavy (non-hydrogen) atoms. The molecule has 0 radical (unpaired) electrons. The smallest absolute Gasteiger partial charge is 0.351 e. The summed E-state index contributed by atoms with van der Waals surface area (Å²) in [5.74, 6) is 0. The normalized spacial score (nSPS) is 11.3. The summed E-state index contributed by atoms with van der Waals surface area (Å²) in [6, 6.07) is 9.47. The van der Waals surface area contributed by atoms with Crippen LogP contribution in [0.1, 0.15) is 5.56 Å². The van der Waals surface area contributed by atoms with Crippen LogP contribution in [-0.2, 0) is 6.18 Å². The van der Waals surface area contributed by atoms with E-state index < -0.39 is 17.8 Å². The van der Waals surface area contributed by atoms with E-state index in [1.807, 2.05) is 0 Å². The van der Waals surface area contributed by atoms with Crippen molar-refractivity contribution in [1.29, 1.82) is 0 Å². The molecule has 0 atom stereocenters. The Labute approximate surface area is 140 Å². The maximum absolute atomic E-state index is 12.6. The van der Waals surface area contributed by atoms with Gasteiger partial charge in [-0.2, -0.15) is 13.2 Å². The Hall–Kier alpha value is -1.86. The van der Waals surface area contributed by atoms with Gasteiger partial charge in [-0.25, -0.2) is 4.79 Å². The zero-order valence-corrected chi connectivity index (χ0v) is 13.5. The van der Waals surface area contributed by atoms with Gasteiger partial charge in [0, 0.05) is 22.5 Å². The van der Waals surface area contributed by atoms with E-state index >= 15 is 0 Å². The van der Waals surface area contributed by atoms with Crippen LogP contribution >= 0.6 is 23.4 Å². The minimum absolute atomic E-state index is 0.0307. The van der Waals surface area contributed by atoms with Crippen molar-refractivity contribution in [3.05, 3.63) is 53.1 Å². The Morgan fingerprint density at radius 1 is 1.17 bits per heavy atom. The maximum atomic E-state index is 12.6. The average Bonchev–Trinajstić information content (AvgIpc) is 2.48. The first-order valence-electron chi connectivity index (χ1n) is 6.36. The van der Waals surface area contributed by atoms with Gasteiger partial charge in [0.25, 0.3) is 0 Å². The van der Waals surface area contributed by atoms with E-state index in [2.05, 4.69) is 0 Å². The number of rotatable bonds is 3. The van der Waals surface area contributed by atoms with Gasteiger partial charge >= 0.3 is 12.2 Å². The first-order valence-corrected chi connectivity index (χ1v) is 7.56. The SMILES string of the molecule is CN(C(N)=O)c1ccc(Sc2ccc(C(F)(F)F)cc2Cl)cc1. The quantitative estimate of drug-likeness (QED) is 0.834. The number of amides is 2. The summed E-state index contributed by atoms with van der Waals surface area (Å²) in [5.41, 5.74) is 5.00. The lowest BCUT2D eigenvalue weighted by Crippen LogP contribution is -2.31. The lowest BCUT2D eigenvalue weighted by Gasteiger charge is -2.14. The maximum Gasteiger partial charge on any atom is 0.416 e. The Balaban J connectivity index is 2.18. The van der Waals surface area contributed by atoms with E-state index in [4.69, 9.17) is 17.3 Å². The second kappa shape index (κ2) is 6.72. The standard InChI is InChI=1S/C15H12ClF3N2OS/c1-21(14(20)22)10-3-5-11(6-4-10)23-13-7-2-9(8-12(13)16)15(17,18)19/h2-8H,1H3,(H2,20,22). The van der Waals surface area contributed by atoms with Gasteiger partial charge in [-0.3, -0.25) is 4.90 Å². The Bertz CT molecular complexity index is 720. The number of halogens is 4. The third-order valence-corrected chi connectivity index (χ3v) is 4.55. The van der Waals surface area contributed by atoms with Gasteiger partial charge in [0.15, 0.2) is 0 Å². The minimum Gasteiger partial charge on any atom is -0.351 e. The van der Waals surface area contributed by atoms with Crippen molar-refractivity contribution in [2.75, 3.05) is 11.9 Å². The van der Waals surface area contributed by atoms with Gasteiger partial charge in [-0.05, 0) is 42.5 Å². The van der Waals surface area contributed by atoms with Crippen LogP contribution in [0.25, 0.3) is 0 Å². The topological polar surface area (TPSA) is 46.3 Å². The minimum atomic E-state index is -4.42. The van der Waals surface area contributed by atoms with Gasteiger partial charge in [-0.15, -0.1) is 0 Å². The molecule has 122 valence electrons. The van der Waals surface area contributed by atoms with E-state index in [1.165, 1.54) is 29.8 Å². The largest absolute Gasteiger partial charge is 0.416 e. The lowest BCUT2D eigenvalue weighted by atomic mass is 10.2. The van der Waals surface area contributed by atoms with Crippen molar-refractivity contribution >= 4 is 35.1 Å². The number of nitrogens with zero attached hydrogens (tertiary/aromatic N) is 1. The number of carbonyl (C=O) groups is 1. The van der Waals surface area contributed by atoms with E-state index in [1.54, 1.807) is 24.3 Å². The van der Waals surface area contributed by atoms with Crippen molar-refractivity contribution in [3.8, 4) is 0 Å². The molecular weight excluding hydrogens is 349 g/mol. The summed E-state index contributed by atoms with van der Waals surface area (Å²) in [6.45, 7) is 0. The van der Waals surface area contributed by atoms with Crippen LogP contribution in [0.4, 0.5) is 23.7 Å². The van der Waals surface area contributed by atoms with Crippen LogP contribution in [-0.4, -0.2) is 13.1 Å². The molecule has 0 aliphatic carbocycles. The molecule has 0 bridgehead atoms. The molecule has 8 heteroatoms. The second-order valence-corrected chi connectivity index (χ2v) is 6.16. The predicted octanol–water partition coefficient (Wildman–Crippen LogP) is 5.02. The molecule has 2 rings (SSSR count). The fraction of sp³-hybridized carbons (Fsp3) is 0.133. The molecule has 0 heterocycles. The van der Waals surface area contributed by atoms with E-state index in [9.17, 15) is 18.0 Å². The van der Waals surface area contributed by atoms with Crippen molar-refractivity contribution in [2.45, 2.75) is 16.0 Å². The van der Waals surface area contributed by atoms with Crippen LogP contribution < -0.4 is 10.6 Å². The van der Waals surface area contributed by atoms with E-state index in [-0.39, 0.29) is 5.02 Å². The van der Waals surface area contributed by atoms with Crippen molar-refractivity contribution in [1.82, 2.24) is 0 Å². The number of alkyl halides is 3. The number of hydrogen-bond acceptors (Lipinski definition) is 2. The zero-order chi connectivity index (χ0) is 17.2. The highest BCUT2D eigenvalue weighted by atomic mass is 35.5. The summed E-state index contributed by atoms with van der Waals surface area (Å²) >= 11 is 7.15. The highest BCUT2D eigenvalue weighted by Crippen LogP contribution is 2.38. The molecule has 0 saturated heterocycles. The Kier molecular flexibility index (Phi) is 5.11. The highest BCUT2D eigenvalue weighted by molar-refractivity contribution is 7.99. The highest BCUT2D eigenvalue weighted by Gasteiger charge is 2.30. The lowest BCUT2D eigenvalue weighted by molar-refractivity contribution is -0.137.